The van der Waals surface area contributed by atoms with Crippen LogP contribution in [0, 0.1) is 17.8 Å². The van der Waals surface area contributed by atoms with Crippen LogP contribution in [0.3, 0.4) is 0 Å². The summed E-state index contributed by atoms with van der Waals surface area (Å²) in [4.78, 5) is 48.4. The largest absolute Gasteiger partial charge is 0.457 e. The van der Waals surface area contributed by atoms with Gasteiger partial charge < -0.3 is 24.8 Å². The van der Waals surface area contributed by atoms with Crippen molar-refractivity contribution < 1.29 is 44.0 Å². The molecular weight excluding hydrogens is 504 g/mol. The second-order valence-electron chi connectivity index (χ2n) is 11.1. The van der Waals surface area contributed by atoms with Gasteiger partial charge in [0.1, 0.15) is 29.7 Å². The molecular formula is C30H46O9. The maximum absolute atomic E-state index is 12.6. The molecule has 0 aliphatic carbocycles. The molecule has 3 N–H and O–H groups in total. The van der Waals surface area contributed by atoms with Gasteiger partial charge in [0.2, 0.25) is 0 Å². The maximum Gasteiger partial charge on any atom is 0.309 e. The molecule has 8 unspecified atom stereocenters. The fourth-order valence-corrected chi connectivity index (χ4v) is 4.49. The molecule has 9 heteroatoms. The van der Waals surface area contributed by atoms with Crippen molar-refractivity contribution in [3.63, 3.8) is 0 Å². The number of ketones is 2. The van der Waals surface area contributed by atoms with Crippen molar-refractivity contribution in [2.45, 2.75) is 111 Å². The van der Waals surface area contributed by atoms with E-state index in [1.807, 2.05) is 19.9 Å². The van der Waals surface area contributed by atoms with Gasteiger partial charge in [-0.3, -0.25) is 19.2 Å². The molecule has 39 heavy (non-hydrogen) atoms. The summed E-state index contributed by atoms with van der Waals surface area (Å²) in [5, 5.41) is 30.6. The fraction of sp³-hybridized carbons (Fsp3) is 0.667. The minimum absolute atomic E-state index is 0.0712. The molecule has 0 aromatic carbocycles. The molecule has 220 valence electrons. The fourth-order valence-electron chi connectivity index (χ4n) is 4.49. The first-order chi connectivity index (χ1) is 18.0. The van der Waals surface area contributed by atoms with Crippen LogP contribution in [0.25, 0.3) is 0 Å². The normalized spacial score (nSPS) is 29.5. The predicted octanol–water partition coefficient (Wildman–Crippen LogP) is 3.39. The van der Waals surface area contributed by atoms with Crippen LogP contribution in [-0.4, -0.2) is 68.8 Å². The van der Waals surface area contributed by atoms with Crippen molar-refractivity contribution in [3.8, 4) is 0 Å². The van der Waals surface area contributed by atoms with Crippen molar-refractivity contribution >= 4 is 23.5 Å². The van der Waals surface area contributed by atoms with Gasteiger partial charge in [-0.15, -0.1) is 0 Å². The molecule has 0 amide bonds. The third kappa shape index (κ3) is 12.4. The molecule has 9 nitrogen and oxygen atoms in total. The Hall–Kier alpha value is -2.62. The standard InChI is InChI=1S/C30H46O9/c1-18(15-25(34)16-21(4)28(36)22(5)31)9-8-10-19(2)29-20(3)11-12-26(38-23(6)32)30(7,37)14-13-24(33)17-27(35)39-29/h8-12,18,20-22,24,26,29,31,33,37H,13-17H2,1-7H3. The number of ether oxygens (including phenoxy) is 2. The van der Waals surface area contributed by atoms with Gasteiger partial charge in [0.25, 0.3) is 0 Å². The summed E-state index contributed by atoms with van der Waals surface area (Å²) >= 11 is 0. The number of carbonyl (C=O) groups is 4. The van der Waals surface area contributed by atoms with Gasteiger partial charge in [-0.05, 0) is 51.2 Å². The minimum atomic E-state index is -1.44. The number of aliphatic hydroxyl groups excluding tert-OH is 2. The molecule has 1 aliphatic rings. The Bertz CT molecular complexity index is 944. The number of rotatable bonds is 10. The second kappa shape index (κ2) is 15.8. The van der Waals surface area contributed by atoms with E-state index in [9.17, 15) is 34.5 Å². The number of Topliss-reactive ketones (excluding diaryl/α,β-unsaturated/α-hetero) is 2. The molecule has 1 aliphatic heterocycles. The van der Waals surface area contributed by atoms with Gasteiger partial charge in [-0.25, -0.2) is 0 Å². The number of hydrogen-bond donors (Lipinski definition) is 3. The Labute approximate surface area is 232 Å². The monoisotopic (exact) mass is 550 g/mol. The van der Waals surface area contributed by atoms with E-state index in [1.165, 1.54) is 20.8 Å². The van der Waals surface area contributed by atoms with Crippen LogP contribution in [0.15, 0.2) is 36.0 Å². The van der Waals surface area contributed by atoms with E-state index in [2.05, 4.69) is 0 Å². The van der Waals surface area contributed by atoms with Crippen molar-refractivity contribution in [2.75, 3.05) is 0 Å². The third-order valence-electron chi connectivity index (χ3n) is 6.85. The van der Waals surface area contributed by atoms with E-state index in [-0.39, 0.29) is 55.5 Å². The summed E-state index contributed by atoms with van der Waals surface area (Å²) < 4.78 is 11.0. The number of esters is 2. The van der Waals surface area contributed by atoms with Crippen LogP contribution < -0.4 is 0 Å². The predicted molar refractivity (Wildman–Crippen MR) is 146 cm³/mol. The molecule has 1 rings (SSSR count). The van der Waals surface area contributed by atoms with Crippen LogP contribution >= 0.6 is 0 Å². The minimum Gasteiger partial charge on any atom is -0.457 e. The molecule has 0 radical (unpaired) electrons. The van der Waals surface area contributed by atoms with Crippen molar-refractivity contribution in [1.82, 2.24) is 0 Å². The van der Waals surface area contributed by atoms with Gasteiger partial charge >= 0.3 is 11.9 Å². The SMILES string of the molecule is CC(=O)OC1C=CC(C)C(C(C)=CC=CC(C)CC(=O)CC(C)C(=O)C(C)O)OC(=O)CC(O)CCC1(C)O. The Morgan fingerprint density at radius 2 is 1.82 bits per heavy atom. The van der Waals surface area contributed by atoms with Gasteiger partial charge in [0.05, 0.1) is 12.5 Å². The van der Waals surface area contributed by atoms with Crippen molar-refractivity contribution in [3.05, 3.63) is 36.0 Å². The van der Waals surface area contributed by atoms with Gasteiger partial charge in [0.15, 0.2) is 5.78 Å². The van der Waals surface area contributed by atoms with E-state index < -0.39 is 47.9 Å². The number of aliphatic hydroxyl groups is 3. The topological polar surface area (TPSA) is 147 Å². The first-order valence-corrected chi connectivity index (χ1v) is 13.6. The second-order valence-corrected chi connectivity index (χ2v) is 11.1. The lowest BCUT2D eigenvalue weighted by Gasteiger charge is -2.32. The number of cyclic esters (lactones) is 1. The van der Waals surface area contributed by atoms with E-state index in [0.29, 0.717) is 5.57 Å². The molecule has 0 spiro atoms. The van der Waals surface area contributed by atoms with E-state index in [4.69, 9.17) is 9.47 Å². The lowest BCUT2D eigenvalue weighted by atomic mass is 9.88. The Morgan fingerprint density at radius 1 is 1.18 bits per heavy atom. The molecule has 0 aromatic rings. The highest BCUT2D eigenvalue weighted by atomic mass is 16.6. The summed E-state index contributed by atoms with van der Waals surface area (Å²) in [6.07, 6.45) is 5.29. The number of hydrogen-bond acceptors (Lipinski definition) is 9. The smallest absolute Gasteiger partial charge is 0.309 e. The average Bonchev–Trinajstić information content (AvgIpc) is 2.81. The third-order valence-corrected chi connectivity index (χ3v) is 6.85. The zero-order valence-corrected chi connectivity index (χ0v) is 24.3. The van der Waals surface area contributed by atoms with Crippen LogP contribution in [0.2, 0.25) is 0 Å². The molecule has 0 aromatic heterocycles. The maximum atomic E-state index is 12.6. The summed E-state index contributed by atoms with van der Waals surface area (Å²) in [7, 11) is 0. The summed E-state index contributed by atoms with van der Waals surface area (Å²) in [6.45, 7) is 11.3. The molecule has 0 saturated carbocycles. The summed E-state index contributed by atoms with van der Waals surface area (Å²) in [6, 6.07) is 0. The van der Waals surface area contributed by atoms with Crippen molar-refractivity contribution in [2.24, 2.45) is 17.8 Å². The number of allylic oxidation sites excluding steroid dienone is 3. The first-order valence-electron chi connectivity index (χ1n) is 13.6. The molecule has 0 bridgehead atoms. The lowest BCUT2D eigenvalue weighted by Crippen LogP contribution is -2.42. The quantitative estimate of drug-likeness (QED) is 0.211. The Morgan fingerprint density at radius 3 is 2.41 bits per heavy atom. The molecule has 8 atom stereocenters. The zero-order valence-electron chi connectivity index (χ0n) is 24.3. The van der Waals surface area contributed by atoms with Gasteiger partial charge in [0, 0.05) is 31.6 Å². The average molecular weight is 551 g/mol. The molecule has 0 fully saturated rings. The highest BCUT2D eigenvalue weighted by molar-refractivity contribution is 5.90. The van der Waals surface area contributed by atoms with Crippen LogP contribution in [0.5, 0.6) is 0 Å². The van der Waals surface area contributed by atoms with E-state index >= 15 is 0 Å². The summed E-state index contributed by atoms with van der Waals surface area (Å²) in [5.41, 5.74) is -0.724. The summed E-state index contributed by atoms with van der Waals surface area (Å²) in [5.74, 6) is -2.53. The lowest BCUT2D eigenvalue weighted by molar-refractivity contribution is -0.157. The van der Waals surface area contributed by atoms with Crippen LogP contribution in [0.1, 0.15) is 80.6 Å². The van der Waals surface area contributed by atoms with Crippen molar-refractivity contribution in [1.29, 1.82) is 0 Å². The van der Waals surface area contributed by atoms with Crippen LogP contribution in [0.4, 0.5) is 0 Å². The number of carbonyl (C=O) groups excluding carboxylic acids is 4. The van der Waals surface area contributed by atoms with Gasteiger partial charge in [-0.1, -0.05) is 45.1 Å². The van der Waals surface area contributed by atoms with E-state index in [1.54, 1.807) is 38.2 Å². The van der Waals surface area contributed by atoms with Gasteiger partial charge in [-0.2, -0.15) is 0 Å². The highest BCUT2D eigenvalue weighted by Gasteiger charge is 2.35. The van der Waals surface area contributed by atoms with E-state index in [0.717, 1.165) is 0 Å². The highest BCUT2D eigenvalue weighted by Crippen LogP contribution is 2.27. The van der Waals surface area contributed by atoms with Crippen LogP contribution in [-0.2, 0) is 28.7 Å². The molecule has 1 heterocycles. The molecule has 0 saturated heterocycles. The Balaban J connectivity index is 3.04. The first kappa shape index (κ1) is 34.4. The Kier molecular flexibility index (Phi) is 14.0. The zero-order chi connectivity index (χ0) is 29.9.